The maximum absolute atomic E-state index is 12.1. The van der Waals surface area contributed by atoms with Gasteiger partial charge in [-0.25, -0.2) is 0 Å². The minimum atomic E-state index is -0.0566. The summed E-state index contributed by atoms with van der Waals surface area (Å²) in [6.07, 6.45) is 12.4. The van der Waals surface area contributed by atoms with Crippen LogP contribution in [0.2, 0.25) is 0 Å². The molecule has 0 N–H and O–H groups in total. The van der Waals surface area contributed by atoms with Crippen LogP contribution in [0.1, 0.15) is 78.6 Å². The van der Waals surface area contributed by atoms with E-state index in [4.69, 9.17) is 0 Å². The van der Waals surface area contributed by atoms with Crippen molar-refractivity contribution in [1.29, 1.82) is 5.26 Å². The number of carbonyl (C=O) groups excluding carboxylic acids is 1. The van der Waals surface area contributed by atoms with Crippen molar-refractivity contribution in [2.24, 2.45) is 52.3 Å². The molecule has 4 fully saturated rings. The van der Waals surface area contributed by atoms with Crippen molar-refractivity contribution >= 4 is 5.78 Å². The fourth-order valence-electron chi connectivity index (χ4n) is 9.33. The van der Waals surface area contributed by atoms with Gasteiger partial charge in [-0.05, 0) is 97.9 Å². The number of hydrogen-bond donors (Lipinski definition) is 0. The molecule has 5 aliphatic rings. The molecular weight excluding hydrogens is 330 g/mol. The number of nitriles is 1. The number of ketones is 1. The van der Waals surface area contributed by atoms with Crippen molar-refractivity contribution in [2.75, 3.05) is 0 Å². The zero-order valence-electron chi connectivity index (χ0n) is 17.3. The molecule has 0 aliphatic heterocycles. The third-order valence-corrected chi connectivity index (χ3v) is 10.3. The molecule has 0 aromatic carbocycles. The third kappa shape index (κ3) is 2.05. The molecule has 0 spiro atoms. The van der Waals surface area contributed by atoms with Crippen molar-refractivity contribution in [2.45, 2.75) is 78.6 Å². The van der Waals surface area contributed by atoms with Gasteiger partial charge in [0.05, 0.1) is 11.5 Å². The standard InChI is InChI=1S/C25H35NO/c1-4-15-11-16-12-17(27)7-8-18(16)19-9-10-24(5-2)23(22(15)19)20-13-21(20)25(24,6-3)14-26/h12,15,18-23H,4-11,13H2,1-3H3/t15-,18+,19-,20-,21+,22-,23+,24+,25?/m1/s1. The molecule has 2 nitrogen and oxygen atoms in total. The largest absolute Gasteiger partial charge is 0.295 e. The summed E-state index contributed by atoms with van der Waals surface area (Å²) >= 11 is 0. The Labute approximate surface area is 164 Å². The molecule has 4 saturated carbocycles. The number of nitrogens with zero attached hydrogens (tertiary/aromatic N) is 1. The number of rotatable bonds is 3. The van der Waals surface area contributed by atoms with Gasteiger partial charge in [0.25, 0.3) is 0 Å². The highest BCUT2D eigenvalue weighted by atomic mass is 16.1. The first-order valence-corrected chi connectivity index (χ1v) is 11.7. The van der Waals surface area contributed by atoms with Crippen LogP contribution < -0.4 is 0 Å². The van der Waals surface area contributed by atoms with Crippen molar-refractivity contribution in [3.8, 4) is 6.07 Å². The fourth-order valence-corrected chi connectivity index (χ4v) is 9.33. The monoisotopic (exact) mass is 365 g/mol. The van der Waals surface area contributed by atoms with Crippen molar-refractivity contribution < 1.29 is 4.79 Å². The van der Waals surface area contributed by atoms with E-state index in [1.54, 1.807) is 0 Å². The summed E-state index contributed by atoms with van der Waals surface area (Å²) in [5.74, 6) is 5.62. The second kappa shape index (κ2) is 5.95. The van der Waals surface area contributed by atoms with Crippen LogP contribution in [-0.4, -0.2) is 5.78 Å². The van der Waals surface area contributed by atoms with Crippen LogP contribution in [0.25, 0.3) is 0 Å². The molecule has 0 bridgehead atoms. The first kappa shape index (κ1) is 18.0. The zero-order chi connectivity index (χ0) is 19.0. The average molecular weight is 366 g/mol. The second-order valence-corrected chi connectivity index (χ2v) is 10.5. The molecule has 146 valence electrons. The van der Waals surface area contributed by atoms with Gasteiger partial charge in [0, 0.05) is 6.42 Å². The third-order valence-electron chi connectivity index (χ3n) is 10.3. The Kier molecular flexibility index (Phi) is 3.96. The lowest BCUT2D eigenvalue weighted by atomic mass is 9.43. The normalized spacial score (nSPS) is 52.7. The highest BCUT2D eigenvalue weighted by Gasteiger charge is 2.77. The first-order chi connectivity index (χ1) is 13.1. The summed E-state index contributed by atoms with van der Waals surface area (Å²) in [5, 5.41) is 10.4. The second-order valence-electron chi connectivity index (χ2n) is 10.5. The maximum Gasteiger partial charge on any atom is 0.155 e. The molecule has 0 aromatic rings. The van der Waals surface area contributed by atoms with Gasteiger partial charge in [-0.3, -0.25) is 4.79 Å². The highest BCUT2D eigenvalue weighted by molar-refractivity contribution is 5.91. The summed E-state index contributed by atoms with van der Waals surface area (Å²) in [6.45, 7) is 7.04. The number of fused-ring (bicyclic) bond motifs is 7. The van der Waals surface area contributed by atoms with E-state index in [-0.39, 0.29) is 10.8 Å². The van der Waals surface area contributed by atoms with Gasteiger partial charge >= 0.3 is 0 Å². The molecule has 5 rings (SSSR count). The predicted molar refractivity (Wildman–Crippen MR) is 107 cm³/mol. The quantitative estimate of drug-likeness (QED) is 0.622. The molecule has 0 heterocycles. The van der Waals surface area contributed by atoms with Crippen molar-refractivity contribution in [3.05, 3.63) is 11.6 Å². The van der Waals surface area contributed by atoms with Gasteiger partial charge in [0.1, 0.15) is 0 Å². The lowest BCUT2D eigenvalue weighted by molar-refractivity contribution is -0.118. The van der Waals surface area contributed by atoms with Gasteiger partial charge in [0.15, 0.2) is 5.78 Å². The van der Waals surface area contributed by atoms with Crippen LogP contribution in [0, 0.1) is 63.6 Å². The Hall–Kier alpha value is -1.10. The molecule has 0 saturated heterocycles. The first-order valence-electron chi connectivity index (χ1n) is 11.7. The lowest BCUT2D eigenvalue weighted by Crippen LogP contribution is -2.54. The minimum Gasteiger partial charge on any atom is -0.295 e. The molecule has 0 amide bonds. The topological polar surface area (TPSA) is 40.9 Å². The Morgan fingerprint density at radius 2 is 2.00 bits per heavy atom. The summed E-state index contributed by atoms with van der Waals surface area (Å²) < 4.78 is 0. The summed E-state index contributed by atoms with van der Waals surface area (Å²) in [7, 11) is 0. The fraction of sp³-hybridized carbons (Fsp3) is 0.840. The molecule has 27 heavy (non-hydrogen) atoms. The van der Waals surface area contributed by atoms with E-state index in [1.165, 1.54) is 37.7 Å². The Bertz CT molecular complexity index is 731. The highest BCUT2D eigenvalue weighted by Crippen LogP contribution is 2.81. The smallest absolute Gasteiger partial charge is 0.155 e. The average Bonchev–Trinajstić information content (AvgIpc) is 3.44. The molecular formula is C25H35NO. The number of allylic oxidation sites excluding steroid dienone is 1. The van der Waals surface area contributed by atoms with Crippen LogP contribution in [0.3, 0.4) is 0 Å². The van der Waals surface area contributed by atoms with Crippen LogP contribution in [-0.2, 0) is 4.79 Å². The Balaban J connectivity index is 1.59. The lowest BCUT2D eigenvalue weighted by Gasteiger charge is -2.60. The van der Waals surface area contributed by atoms with Gasteiger partial charge in [-0.1, -0.05) is 32.8 Å². The zero-order valence-corrected chi connectivity index (χ0v) is 17.3. The van der Waals surface area contributed by atoms with Crippen LogP contribution in [0.4, 0.5) is 0 Å². The van der Waals surface area contributed by atoms with Gasteiger partial charge < -0.3 is 0 Å². The van der Waals surface area contributed by atoms with E-state index >= 15 is 0 Å². The Morgan fingerprint density at radius 1 is 1.19 bits per heavy atom. The molecule has 0 radical (unpaired) electrons. The van der Waals surface area contributed by atoms with Gasteiger partial charge in [-0.2, -0.15) is 5.26 Å². The predicted octanol–water partition coefficient (Wildman–Crippen LogP) is 5.93. The van der Waals surface area contributed by atoms with Crippen molar-refractivity contribution in [3.63, 3.8) is 0 Å². The molecule has 5 aliphatic carbocycles. The van der Waals surface area contributed by atoms with E-state index in [0.29, 0.717) is 17.6 Å². The van der Waals surface area contributed by atoms with E-state index in [9.17, 15) is 10.1 Å². The van der Waals surface area contributed by atoms with Crippen LogP contribution in [0.5, 0.6) is 0 Å². The summed E-state index contributed by atoms with van der Waals surface area (Å²) in [4.78, 5) is 12.1. The molecule has 1 unspecified atom stereocenters. The van der Waals surface area contributed by atoms with E-state index in [1.807, 2.05) is 6.08 Å². The summed E-state index contributed by atoms with van der Waals surface area (Å²) in [6, 6.07) is 2.94. The Morgan fingerprint density at radius 3 is 2.67 bits per heavy atom. The van der Waals surface area contributed by atoms with E-state index in [2.05, 4.69) is 26.8 Å². The molecule has 2 heteroatoms. The van der Waals surface area contributed by atoms with Crippen LogP contribution in [0.15, 0.2) is 11.6 Å². The number of carbonyl (C=O) groups is 1. The van der Waals surface area contributed by atoms with Crippen molar-refractivity contribution in [1.82, 2.24) is 0 Å². The SMILES string of the molecule is CC[C@@H]1CC2=CC(=O)CC[C@@H]2[C@H]2CC[C@@]3(CC)[C@@H]([C@@H]4C[C@@H]4C3(C#N)CC)[C@H]12. The van der Waals surface area contributed by atoms with E-state index < -0.39 is 0 Å². The van der Waals surface area contributed by atoms with E-state index in [0.717, 1.165) is 55.3 Å². The van der Waals surface area contributed by atoms with Crippen LogP contribution >= 0.6 is 0 Å². The maximum atomic E-state index is 12.1. The summed E-state index contributed by atoms with van der Waals surface area (Å²) in [5.41, 5.74) is 1.71. The minimum absolute atomic E-state index is 0.0566. The molecule has 0 aromatic heterocycles. The molecule has 9 atom stereocenters. The van der Waals surface area contributed by atoms with Gasteiger partial charge in [-0.15, -0.1) is 0 Å². The number of hydrogen-bond acceptors (Lipinski definition) is 2. The van der Waals surface area contributed by atoms with Gasteiger partial charge in [0.2, 0.25) is 0 Å².